The molecule has 0 unspecified atom stereocenters. The molecule has 0 fully saturated rings. The predicted molar refractivity (Wildman–Crippen MR) is 167 cm³/mol. The van der Waals surface area contributed by atoms with E-state index in [0.717, 1.165) is 22.9 Å². The van der Waals surface area contributed by atoms with Crippen molar-refractivity contribution in [2.24, 2.45) is 0 Å². The quantitative estimate of drug-likeness (QED) is 0.257. The molecule has 1 atom stereocenters. The van der Waals surface area contributed by atoms with Crippen molar-refractivity contribution in [1.82, 2.24) is 10.2 Å². The lowest BCUT2D eigenvalue weighted by molar-refractivity contribution is -0.141. The van der Waals surface area contributed by atoms with Gasteiger partial charge in [-0.2, -0.15) is 0 Å². The molecule has 0 aliphatic heterocycles. The highest BCUT2D eigenvalue weighted by Gasteiger charge is 2.31. The van der Waals surface area contributed by atoms with E-state index < -0.39 is 16.1 Å². The van der Waals surface area contributed by atoms with E-state index in [1.54, 1.807) is 18.2 Å². The van der Waals surface area contributed by atoms with Gasteiger partial charge in [-0.3, -0.25) is 13.9 Å². The number of halogens is 2. The van der Waals surface area contributed by atoms with Gasteiger partial charge < -0.3 is 10.2 Å². The molecule has 41 heavy (non-hydrogen) atoms. The molecule has 0 aromatic heterocycles. The zero-order chi connectivity index (χ0) is 30.2. The Morgan fingerprint density at radius 2 is 1.54 bits per heavy atom. The molecule has 220 valence electrons. The van der Waals surface area contributed by atoms with Crippen molar-refractivity contribution in [2.45, 2.75) is 52.6 Å². The highest BCUT2D eigenvalue weighted by Crippen LogP contribution is 2.28. The van der Waals surface area contributed by atoms with Crippen LogP contribution in [0.2, 0.25) is 10.0 Å². The monoisotopic (exact) mass is 617 g/mol. The van der Waals surface area contributed by atoms with Crippen molar-refractivity contribution in [2.75, 3.05) is 23.7 Å². The van der Waals surface area contributed by atoms with E-state index >= 15 is 0 Å². The summed E-state index contributed by atoms with van der Waals surface area (Å²) in [6, 6.07) is 19.3. The van der Waals surface area contributed by atoms with E-state index in [-0.39, 0.29) is 37.7 Å². The molecule has 2 amide bonds. The number of likely N-dealkylation sites (N-methyl/N-ethyl adjacent to an activating group) is 1. The Kier molecular flexibility index (Phi) is 11.6. The Labute approximate surface area is 253 Å². The number of anilines is 1. The number of nitrogens with one attached hydrogen (secondary N) is 1. The van der Waals surface area contributed by atoms with Crippen LogP contribution in [0.3, 0.4) is 0 Å². The zero-order valence-electron chi connectivity index (χ0n) is 23.9. The fourth-order valence-electron chi connectivity index (χ4n) is 4.80. The first-order valence-electron chi connectivity index (χ1n) is 13.5. The molecule has 0 radical (unpaired) electrons. The number of sulfonamides is 1. The molecule has 10 heteroatoms. The minimum absolute atomic E-state index is 0.0174. The van der Waals surface area contributed by atoms with Gasteiger partial charge in [0.1, 0.15) is 6.04 Å². The van der Waals surface area contributed by atoms with Crippen LogP contribution in [0, 0.1) is 13.8 Å². The van der Waals surface area contributed by atoms with Crippen LogP contribution in [0.15, 0.2) is 66.7 Å². The fourth-order valence-corrected chi connectivity index (χ4v) is 6.26. The smallest absolute Gasteiger partial charge is 0.243 e. The van der Waals surface area contributed by atoms with Gasteiger partial charge >= 0.3 is 0 Å². The Bertz CT molecular complexity index is 1420. The molecule has 7 nitrogen and oxygen atoms in total. The van der Waals surface area contributed by atoms with Gasteiger partial charge in [0.05, 0.1) is 11.9 Å². The molecule has 0 aliphatic rings. The molecule has 0 aliphatic carbocycles. The van der Waals surface area contributed by atoms with Crippen LogP contribution in [-0.2, 0) is 32.6 Å². The topological polar surface area (TPSA) is 86.8 Å². The van der Waals surface area contributed by atoms with Crippen LogP contribution in [0.5, 0.6) is 0 Å². The Hall–Kier alpha value is -3.07. The Morgan fingerprint density at radius 3 is 2.10 bits per heavy atom. The maximum absolute atomic E-state index is 13.9. The number of aryl methyl sites for hydroxylation is 2. The maximum Gasteiger partial charge on any atom is 0.243 e. The van der Waals surface area contributed by atoms with Crippen LogP contribution in [0.25, 0.3) is 0 Å². The van der Waals surface area contributed by atoms with E-state index in [4.69, 9.17) is 23.2 Å². The molecule has 0 heterocycles. The molecular weight excluding hydrogens is 581 g/mol. The summed E-state index contributed by atoms with van der Waals surface area (Å²) < 4.78 is 26.7. The van der Waals surface area contributed by atoms with Crippen molar-refractivity contribution in [3.05, 3.63) is 99.0 Å². The highest BCUT2D eigenvalue weighted by atomic mass is 35.5. The van der Waals surface area contributed by atoms with Gasteiger partial charge in [0, 0.05) is 48.1 Å². The van der Waals surface area contributed by atoms with Crippen LogP contribution < -0.4 is 9.62 Å². The summed E-state index contributed by atoms with van der Waals surface area (Å²) in [4.78, 5) is 28.7. The second-order valence-corrected chi connectivity index (χ2v) is 12.8. The summed E-state index contributed by atoms with van der Waals surface area (Å²) in [6.45, 7) is 6.18. The minimum Gasteiger partial charge on any atom is -0.355 e. The average molecular weight is 619 g/mol. The largest absolute Gasteiger partial charge is 0.355 e. The summed E-state index contributed by atoms with van der Waals surface area (Å²) in [6.07, 6.45) is 1.71. The van der Waals surface area contributed by atoms with Gasteiger partial charge in [0.15, 0.2) is 0 Å². The van der Waals surface area contributed by atoms with E-state index in [1.165, 1.54) is 9.21 Å². The predicted octanol–water partition coefficient (Wildman–Crippen LogP) is 5.93. The molecule has 0 spiro atoms. The van der Waals surface area contributed by atoms with Crippen LogP contribution in [0.4, 0.5) is 5.69 Å². The third kappa shape index (κ3) is 9.21. The third-order valence-electron chi connectivity index (χ3n) is 6.66. The van der Waals surface area contributed by atoms with Gasteiger partial charge in [0.25, 0.3) is 0 Å². The first kappa shape index (κ1) is 32.4. The number of amides is 2. The minimum atomic E-state index is -3.60. The van der Waals surface area contributed by atoms with E-state index in [0.29, 0.717) is 34.3 Å². The zero-order valence-corrected chi connectivity index (χ0v) is 26.2. The molecule has 0 saturated carbocycles. The standard InChI is InChI=1S/C31H37Cl2N3O4S/c1-5-34-31(38)29(20-24-11-7-6-8-12-24)35(21-26-27(32)13-9-14-28(26)33)30(37)15-10-16-36(41(4,39)40)25-18-22(2)17-23(3)19-25/h6-9,11-14,17-19,29H,5,10,15-16,20-21H2,1-4H3,(H,34,38)/t29-/m1/s1. The summed E-state index contributed by atoms with van der Waals surface area (Å²) in [7, 11) is -3.60. The number of carbonyl (C=O) groups is 2. The van der Waals surface area contributed by atoms with Crippen LogP contribution >= 0.6 is 23.2 Å². The highest BCUT2D eigenvalue weighted by molar-refractivity contribution is 7.92. The van der Waals surface area contributed by atoms with Gasteiger partial charge in [-0.15, -0.1) is 0 Å². The Balaban J connectivity index is 1.92. The second-order valence-electron chi connectivity index (χ2n) is 10.1. The number of hydrogen-bond acceptors (Lipinski definition) is 4. The molecule has 0 saturated heterocycles. The number of carbonyl (C=O) groups excluding carboxylic acids is 2. The lowest BCUT2D eigenvalue weighted by atomic mass is 10.0. The summed E-state index contributed by atoms with van der Waals surface area (Å²) in [5.74, 6) is -0.595. The summed E-state index contributed by atoms with van der Waals surface area (Å²) in [5, 5.41) is 3.64. The normalized spacial score (nSPS) is 12.0. The van der Waals surface area contributed by atoms with Gasteiger partial charge in [-0.05, 0) is 68.1 Å². The first-order chi connectivity index (χ1) is 19.4. The van der Waals surface area contributed by atoms with Crippen molar-refractivity contribution >= 4 is 50.7 Å². The fraction of sp³-hybridized carbons (Fsp3) is 0.355. The SMILES string of the molecule is CCNC(=O)[C@@H](Cc1ccccc1)N(Cc1c(Cl)cccc1Cl)C(=O)CCCN(c1cc(C)cc(C)c1)S(C)(=O)=O. The van der Waals surface area contributed by atoms with Crippen molar-refractivity contribution in [3.63, 3.8) is 0 Å². The number of benzene rings is 3. The van der Waals surface area contributed by atoms with Crippen molar-refractivity contribution in [1.29, 1.82) is 0 Å². The molecular formula is C31H37Cl2N3O4S. The maximum atomic E-state index is 13.9. The van der Waals surface area contributed by atoms with Crippen molar-refractivity contribution in [3.8, 4) is 0 Å². The van der Waals surface area contributed by atoms with Gasteiger partial charge in [0.2, 0.25) is 21.8 Å². The lowest BCUT2D eigenvalue weighted by Crippen LogP contribution is -2.50. The van der Waals surface area contributed by atoms with Crippen LogP contribution in [-0.4, -0.2) is 50.5 Å². The van der Waals surface area contributed by atoms with Crippen molar-refractivity contribution < 1.29 is 18.0 Å². The average Bonchev–Trinajstić information content (AvgIpc) is 2.89. The molecule has 1 N–H and O–H groups in total. The molecule has 0 bridgehead atoms. The molecule has 3 aromatic carbocycles. The Morgan fingerprint density at radius 1 is 0.927 bits per heavy atom. The number of nitrogens with zero attached hydrogens (tertiary/aromatic N) is 2. The molecule has 3 rings (SSSR count). The van der Waals surface area contributed by atoms with Gasteiger partial charge in [-0.25, -0.2) is 8.42 Å². The third-order valence-corrected chi connectivity index (χ3v) is 8.56. The second kappa shape index (κ2) is 14.7. The van der Waals surface area contributed by atoms with E-state index in [2.05, 4.69) is 5.32 Å². The summed E-state index contributed by atoms with van der Waals surface area (Å²) >= 11 is 13.0. The van der Waals surface area contributed by atoms with E-state index in [9.17, 15) is 18.0 Å². The van der Waals surface area contributed by atoms with Crippen LogP contribution in [0.1, 0.15) is 42.0 Å². The molecule has 3 aromatic rings. The van der Waals surface area contributed by atoms with E-state index in [1.807, 2.05) is 69.3 Å². The first-order valence-corrected chi connectivity index (χ1v) is 16.1. The number of hydrogen-bond donors (Lipinski definition) is 1. The lowest BCUT2D eigenvalue weighted by Gasteiger charge is -2.32. The van der Waals surface area contributed by atoms with Gasteiger partial charge in [-0.1, -0.05) is 65.7 Å². The number of rotatable bonds is 13. The summed E-state index contributed by atoms with van der Waals surface area (Å²) in [5.41, 5.74) is 3.88.